The molecule has 0 aromatic heterocycles. The van der Waals surface area contributed by atoms with Gasteiger partial charge >= 0.3 is 0 Å². The number of aryl methyl sites for hydroxylation is 2. The minimum absolute atomic E-state index is 0.0440. The highest BCUT2D eigenvalue weighted by Gasteiger charge is 2.16. The summed E-state index contributed by atoms with van der Waals surface area (Å²) in [5.41, 5.74) is 2.21. The van der Waals surface area contributed by atoms with Crippen molar-refractivity contribution in [1.82, 2.24) is 0 Å². The predicted octanol–water partition coefficient (Wildman–Crippen LogP) is 3.08. The van der Waals surface area contributed by atoms with Crippen molar-refractivity contribution in [1.29, 1.82) is 0 Å². The standard InChI is InChI=1S/C12H9F/c13-11-7-5-9-3-1-2-8-4-6-10(11)12(8)9/h1-3,5,7H,4,6H2. The predicted molar refractivity (Wildman–Crippen MR) is 51.3 cm³/mol. The Kier molecular flexibility index (Phi) is 1.26. The third-order valence-electron chi connectivity index (χ3n) is 2.83. The van der Waals surface area contributed by atoms with Gasteiger partial charge in [0.1, 0.15) is 5.82 Å². The van der Waals surface area contributed by atoms with Crippen LogP contribution in [-0.4, -0.2) is 0 Å². The fourth-order valence-corrected chi connectivity index (χ4v) is 2.22. The molecule has 0 nitrogen and oxygen atoms in total. The zero-order valence-electron chi connectivity index (χ0n) is 7.18. The highest BCUT2D eigenvalue weighted by atomic mass is 19.1. The van der Waals surface area contributed by atoms with E-state index in [0.29, 0.717) is 0 Å². The van der Waals surface area contributed by atoms with Crippen LogP contribution in [0.3, 0.4) is 0 Å². The van der Waals surface area contributed by atoms with Gasteiger partial charge < -0.3 is 0 Å². The molecule has 0 fully saturated rings. The fourth-order valence-electron chi connectivity index (χ4n) is 2.22. The van der Waals surface area contributed by atoms with Gasteiger partial charge in [0.05, 0.1) is 0 Å². The normalized spacial score (nSPS) is 13.9. The maximum atomic E-state index is 13.4. The first kappa shape index (κ1) is 7.07. The topological polar surface area (TPSA) is 0 Å². The minimum atomic E-state index is -0.0440. The molecule has 0 heterocycles. The monoisotopic (exact) mass is 172 g/mol. The summed E-state index contributed by atoms with van der Waals surface area (Å²) in [6, 6.07) is 9.63. The molecule has 1 aliphatic carbocycles. The van der Waals surface area contributed by atoms with Gasteiger partial charge in [0, 0.05) is 0 Å². The molecule has 2 aromatic rings. The number of hydrogen-bond acceptors (Lipinski definition) is 0. The fraction of sp³-hybridized carbons (Fsp3) is 0.167. The van der Waals surface area contributed by atoms with E-state index in [9.17, 15) is 4.39 Å². The molecule has 64 valence electrons. The Labute approximate surface area is 76.0 Å². The number of benzene rings is 2. The minimum Gasteiger partial charge on any atom is -0.207 e. The number of rotatable bonds is 0. The van der Waals surface area contributed by atoms with Crippen molar-refractivity contribution in [3.63, 3.8) is 0 Å². The van der Waals surface area contributed by atoms with Crippen LogP contribution in [-0.2, 0) is 12.8 Å². The maximum absolute atomic E-state index is 13.4. The summed E-state index contributed by atoms with van der Waals surface area (Å²) >= 11 is 0. The van der Waals surface area contributed by atoms with Crippen LogP contribution in [0.5, 0.6) is 0 Å². The van der Waals surface area contributed by atoms with Crippen molar-refractivity contribution >= 4 is 10.8 Å². The lowest BCUT2D eigenvalue weighted by atomic mass is 10.1. The quantitative estimate of drug-likeness (QED) is 0.573. The van der Waals surface area contributed by atoms with Crippen LogP contribution in [0.4, 0.5) is 4.39 Å². The summed E-state index contributed by atoms with van der Waals surface area (Å²) in [7, 11) is 0. The Morgan fingerprint density at radius 3 is 2.85 bits per heavy atom. The molecule has 1 heteroatoms. The molecule has 0 atom stereocenters. The van der Waals surface area contributed by atoms with Crippen molar-refractivity contribution < 1.29 is 4.39 Å². The highest BCUT2D eigenvalue weighted by Crippen LogP contribution is 2.32. The smallest absolute Gasteiger partial charge is 0.127 e. The van der Waals surface area contributed by atoms with Crippen molar-refractivity contribution in [3.8, 4) is 0 Å². The van der Waals surface area contributed by atoms with Crippen LogP contribution in [0.2, 0.25) is 0 Å². The molecule has 0 saturated heterocycles. The molecule has 13 heavy (non-hydrogen) atoms. The second-order valence-corrected chi connectivity index (χ2v) is 3.54. The van der Waals surface area contributed by atoms with Crippen LogP contribution in [0.15, 0.2) is 30.3 Å². The summed E-state index contributed by atoms with van der Waals surface area (Å²) < 4.78 is 13.4. The molecule has 1 aliphatic rings. The lowest BCUT2D eigenvalue weighted by Gasteiger charge is -2.01. The van der Waals surface area contributed by atoms with Crippen LogP contribution >= 0.6 is 0 Å². The molecular weight excluding hydrogens is 163 g/mol. The lowest BCUT2D eigenvalue weighted by molar-refractivity contribution is 0.615. The molecule has 0 radical (unpaired) electrons. The summed E-state index contributed by atoms with van der Waals surface area (Å²) in [5, 5.41) is 2.33. The zero-order valence-corrected chi connectivity index (χ0v) is 7.18. The Hall–Kier alpha value is -1.37. The van der Waals surface area contributed by atoms with E-state index in [1.54, 1.807) is 6.07 Å². The molecule has 0 aliphatic heterocycles. The van der Waals surface area contributed by atoms with E-state index in [2.05, 4.69) is 6.07 Å². The Morgan fingerprint density at radius 1 is 1.00 bits per heavy atom. The van der Waals surface area contributed by atoms with Gasteiger partial charge in [-0.2, -0.15) is 0 Å². The molecule has 2 aromatic carbocycles. The maximum Gasteiger partial charge on any atom is 0.127 e. The first-order valence-electron chi connectivity index (χ1n) is 4.55. The average molecular weight is 172 g/mol. The number of halogens is 1. The van der Waals surface area contributed by atoms with E-state index in [4.69, 9.17) is 0 Å². The van der Waals surface area contributed by atoms with Gasteiger partial charge in [-0.3, -0.25) is 0 Å². The highest BCUT2D eigenvalue weighted by molar-refractivity contribution is 5.90. The van der Waals surface area contributed by atoms with Crippen molar-refractivity contribution in [2.75, 3.05) is 0 Å². The van der Waals surface area contributed by atoms with Crippen LogP contribution < -0.4 is 0 Å². The van der Waals surface area contributed by atoms with Crippen LogP contribution in [0.25, 0.3) is 10.8 Å². The molecule has 0 bridgehead atoms. The average Bonchev–Trinajstić information content (AvgIpc) is 2.57. The van der Waals surface area contributed by atoms with Gasteiger partial charge in [-0.05, 0) is 40.8 Å². The Morgan fingerprint density at radius 2 is 1.92 bits per heavy atom. The molecule has 0 N–H and O–H groups in total. The molecule has 3 rings (SSSR count). The summed E-state index contributed by atoms with van der Waals surface area (Å²) in [6.45, 7) is 0. The van der Waals surface area contributed by atoms with E-state index < -0.39 is 0 Å². The molecule has 0 amide bonds. The van der Waals surface area contributed by atoms with Crippen LogP contribution in [0.1, 0.15) is 11.1 Å². The second kappa shape index (κ2) is 2.32. The van der Waals surface area contributed by atoms with Crippen molar-refractivity contribution in [2.24, 2.45) is 0 Å². The second-order valence-electron chi connectivity index (χ2n) is 3.54. The lowest BCUT2D eigenvalue weighted by Crippen LogP contribution is -1.85. The van der Waals surface area contributed by atoms with Gasteiger partial charge in [0.25, 0.3) is 0 Å². The zero-order chi connectivity index (χ0) is 8.84. The van der Waals surface area contributed by atoms with E-state index in [1.807, 2.05) is 18.2 Å². The van der Waals surface area contributed by atoms with E-state index in [-0.39, 0.29) is 5.82 Å². The summed E-state index contributed by atoms with van der Waals surface area (Å²) in [5.74, 6) is -0.0440. The van der Waals surface area contributed by atoms with Gasteiger partial charge in [0.2, 0.25) is 0 Å². The van der Waals surface area contributed by atoms with Gasteiger partial charge in [-0.15, -0.1) is 0 Å². The van der Waals surface area contributed by atoms with E-state index >= 15 is 0 Å². The van der Waals surface area contributed by atoms with E-state index in [0.717, 1.165) is 23.8 Å². The van der Waals surface area contributed by atoms with Crippen molar-refractivity contribution in [2.45, 2.75) is 12.8 Å². The van der Waals surface area contributed by atoms with Gasteiger partial charge in [0.15, 0.2) is 0 Å². The first-order chi connectivity index (χ1) is 6.36. The molecule has 0 unspecified atom stereocenters. The van der Waals surface area contributed by atoms with E-state index in [1.165, 1.54) is 10.9 Å². The van der Waals surface area contributed by atoms with Gasteiger partial charge in [-0.1, -0.05) is 24.3 Å². The molecule has 0 saturated carbocycles. The Bertz CT molecular complexity index is 486. The SMILES string of the molecule is Fc1ccc2cccc3c2c1CC3. The Balaban J connectivity index is 2.56. The first-order valence-corrected chi connectivity index (χ1v) is 4.55. The largest absolute Gasteiger partial charge is 0.207 e. The molecule has 0 spiro atoms. The third-order valence-corrected chi connectivity index (χ3v) is 2.83. The van der Waals surface area contributed by atoms with Gasteiger partial charge in [-0.25, -0.2) is 4.39 Å². The summed E-state index contributed by atoms with van der Waals surface area (Å²) in [6.07, 6.45) is 1.86. The van der Waals surface area contributed by atoms with Crippen molar-refractivity contribution in [3.05, 3.63) is 47.3 Å². The number of hydrogen-bond donors (Lipinski definition) is 0. The summed E-state index contributed by atoms with van der Waals surface area (Å²) in [4.78, 5) is 0. The third kappa shape index (κ3) is 0.844. The van der Waals surface area contributed by atoms with Crippen LogP contribution in [0, 0.1) is 5.82 Å². The molecular formula is C12H9F.